The molecule has 0 aliphatic carbocycles. The van der Waals surface area contributed by atoms with E-state index in [1.54, 1.807) is 31.3 Å². The van der Waals surface area contributed by atoms with Crippen LogP contribution >= 0.6 is 0 Å². The summed E-state index contributed by atoms with van der Waals surface area (Å²) >= 11 is 0. The summed E-state index contributed by atoms with van der Waals surface area (Å²) in [5.41, 5.74) is 2.53. The lowest BCUT2D eigenvalue weighted by molar-refractivity contribution is 0.600. The number of sulfone groups is 1. The van der Waals surface area contributed by atoms with Crippen LogP contribution < -0.4 is 5.32 Å². The Morgan fingerprint density at radius 2 is 1.86 bits per heavy atom. The lowest BCUT2D eigenvalue weighted by atomic mass is 9.95. The van der Waals surface area contributed by atoms with Gasteiger partial charge in [0, 0.05) is 6.26 Å². The number of hydrogen-bond donors (Lipinski definition) is 1. The average Bonchev–Trinajstić information content (AvgIpc) is 2.43. The Hall–Kier alpha value is -1.72. The second kappa shape index (κ2) is 5.95. The lowest BCUT2D eigenvalue weighted by Crippen LogP contribution is -2.19. The van der Waals surface area contributed by atoms with Crippen LogP contribution in [0.25, 0.3) is 0 Å². The van der Waals surface area contributed by atoms with Crippen LogP contribution in [0, 0.1) is 12.7 Å². The first-order chi connectivity index (χ1) is 9.82. The number of nitrogens with one attached hydrogen (secondary N) is 1. The molecular weight excluding hydrogens is 289 g/mol. The van der Waals surface area contributed by atoms with E-state index in [9.17, 15) is 12.8 Å². The Kier molecular flexibility index (Phi) is 4.44. The van der Waals surface area contributed by atoms with E-state index in [1.165, 1.54) is 18.4 Å². The second-order valence-electron chi connectivity index (χ2n) is 5.07. The molecule has 112 valence electrons. The molecule has 0 amide bonds. The molecule has 21 heavy (non-hydrogen) atoms. The topological polar surface area (TPSA) is 46.2 Å². The van der Waals surface area contributed by atoms with Crippen molar-refractivity contribution >= 4 is 9.84 Å². The largest absolute Gasteiger partial charge is 0.309 e. The number of rotatable bonds is 4. The Morgan fingerprint density at radius 3 is 2.48 bits per heavy atom. The van der Waals surface area contributed by atoms with Crippen LogP contribution in [0.4, 0.5) is 4.39 Å². The molecule has 0 saturated carbocycles. The van der Waals surface area contributed by atoms with Gasteiger partial charge in [0.05, 0.1) is 10.9 Å². The second-order valence-corrected chi connectivity index (χ2v) is 7.08. The van der Waals surface area contributed by atoms with Gasteiger partial charge in [0.2, 0.25) is 0 Å². The summed E-state index contributed by atoms with van der Waals surface area (Å²) in [6.07, 6.45) is 1.17. The van der Waals surface area contributed by atoms with Crippen molar-refractivity contribution in [1.82, 2.24) is 5.32 Å². The van der Waals surface area contributed by atoms with E-state index in [0.29, 0.717) is 0 Å². The van der Waals surface area contributed by atoms with Crippen LogP contribution in [0.5, 0.6) is 0 Å². The third kappa shape index (κ3) is 3.49. The van der Waals surface area contributed by atoms with E-state index in [-0.39, 0.29) is 16.8 Å². The molecule has 2 aromatic carbocycles. The maximum Gasteiger partial charge on any atom is 0.175 e. The Morgan fingerprint density at radius 1 is 1.14 bits per heavy atom. The molecule has 0 radical (unpaired) electrons. The summed E-state index contributed by atoms with van der Waals surface area (Å²) in [5, 5.41) is 3.12. The molecule has 2 aromatic rings. The number of benzene rings is 2. The minimum atomic E-state index is -3.27. The van der Waals surface area contributed by atoms with Crippen molar-refractivity contribution in [2.75, 3.05) is 13.3 Å². The maximum atomic E-state index is 13.5. The summed E-state index contributed by atoms with van der Waals surface area (Å²) in [4.78, 5) is 0.259. The van der Waals surface area contributed by atoms with Gasteiger partial charge in [-0.25, -0.2) is 12.8 Å². The van der Waals surface area contributed by atoms with Crippen molar-refractivity contribution in [2.24, 2.45) is 0 Å². The first kappa shape index (κ1) is 15.7. The summed E-state index contributed by atoms with van der Waals surface area (Å²) < 4.78 is 36.9. The van der Waals surface area contributed by atoms with E-state index < -0.39 is 9.84 Å². The van der Waals surface area contributed by atoms with Crippen molar-refractivity contribution in [3.63, 3.8) is 0 Å². The summed E-state index contributed by atoms with van der Waals surface area (Å²) in [7, 11) is -1.50. The Labute approximate surface area is 124 Å². The van der Waals surface area contributed by atoms with Crippen molar-refractivity contribution in [3.8, 4) is 0 Å². The first-order valence-electron chi connectivity index (χ1n) is 6.56. The van der Waals surface area contributed by atoms with Crippen LogP contribution in [0.15, 0.2) is 47.4 Å². The van der Waals surface area contributed by atoms with Crippen molar-refractivity contribution < 1.29 is 12.8 Å². The highest BCUT2D eigenvalue weighted by atomic mass is 32.2. The zero-order valence-electron chi connectivity index (χ0n) is 12.2. The highest BCUT2D eigenvalue weighted by Crippen LogP contribution is 2.27. The highest BCUT2D eigenvalue weighted by Gasteiger charge is 2.17. The molecule has 1 N–H and O–H groups in total. The van der Waals surface area contributed by atoms with Gasteiger partial charge in [-0.3, -0.25) is 0 Å². The maximum absolute atomic E-state index is 13.5. The fourth-order valence-electron chi connectivity index (χ4n) is 2.35. The van der Waals surface area contributed by atoms with Gasteiger partial charge in [0.15, 0.2) is 9.84 Å². The van der Waals surface area contributed by atoms with E-state index in [4.69, 9.17) is 0 Å². The molecule has 0 aromatic heterocycles. The molecular formula is C16H18FNO2S. The monoisotopic (exact) mass is 307 g/mol. The Balaban J connectivity index is 2.54. The molecule has 0 heterocycles. The zero-order chi connectivity index (χ0) is 15.6. The third-order valence-corrected chi connectivity index (χ3v) is 4.57. The van der Waals surface area contributed by atoms with Crippen LogP contribution in [-0.2, 0) is 9.84 Å². The Bertz CT molecular complexity index is 757. The summed E-state index contributed by atoms with van der Waals surface area (Å²) in [6.45, 7) is 1.90. The normalized spacial score (nSPS) is 13.1. The molecule has 1 atom stereocenters. The number of aryl methyl sites for hydroxylation is 1. The molecule has 0 fully saturated rings. The van der Waals surface area contributed by atoms with Gasteiger partial charge >= 0.3 is 0 Å². The highest BCUT2D eigenvalue weighted by molar-refractivity contribution is 7.90. The molecule has 2 rings (SSSR count). The minimum Gasteiger partial charge on any atom is -0.309 e. The lowest BCUT2D eigenvalue weighted by Gasteiger charge is -2.20. The molecule has 0 saturated heterocycles. The van der Waals surface area contributed by atoms with Gasteiger partial charge in [-0.05, 0) is 54.9 Å². The molecule has 0 bridgehead atoms. The molecule has 5 heteroatoms. The predicted octanol–water partition coefficient (Wildman–Crippen LogP) is 2.85. The average molecular weight is 307 g/mol. The van der Waals surface area contributed by atoms with E-state index >= 15 is 0 Å². The van der Waals surface area contributed by atoms with Crippen molar-refractivity contribution in [3.05, 3.63) is 65.0 Å². The smallest absolute Gasteiger partial charge is 0.175 e. The zero-order valence-corrected chi connectivity index (χ0v) is 13.0. The van der Waals surface area contributed by atoms with Crippen LogP contribution in [0.1, 0.15) is 22.7 Å². The molecule has 0 aliphatic heterocycles. The van der Waals surface area contributed by atoms with Crippen molar-refractivity contribution in [2.45, 2.75) is 17.9 Å². The minimum absolute atomic E-state index is 0.259. The van der Waals surface area contributed by atoms with E-state index in [0.717, 1.165) is 16.7 Å². The standard InChI is InChI=1S/C16H18FNO2S/c1-11-7-8-13(17)10-15(11)16(18-2)12-5-4-6-14(9-12)21(3,19)20/h4-10,16,18H,1-3H3. The van der Waals surface area contributed by atoms with Crippen molar-refractivity contribution in [1.29, 1.82) is 0 Å². The van der Waals surface area contributed by atoms with E-state index in [2.05, 4.69) is 5.32 Å². The number of hydrogen-bond acceptors (Lipinski definition) is 3. The molecule has 0 spiro atoms. The predicted molar refractivity (Wildman–Crippen MR) is 81.6 cm³/mol. The summed E-state index contributed by atoms with van der Waals surface area (Å²) in [5.74, 6) is -0.310. The van der Waals surface area contributed by atoms with Gasteiger partial charge in [0.1, 0.15) is 5.82 Å². The van der Waals surface area contributed by atoms with Gasteiger partial charge in [-0.15, -0.1) is 0 Å². The van der Waals surface area contributed by atoms with Crippen LogP contribution in [-0.4, -0.2) is 21.7 Å². The quantitative estimate of drug-likeness (QED) is 0.945. The van der Waals surface area contributed by atoms with Gasteiger partial charge in [-0.2, -0.15) is 0 Å². The molecule has 3 nitrogen and oxygen atoms in total. The SMILES string of the molecule is CNC(c1cccc(S(C)(=O)=O)c1)c1cc(F)ccc1C. The van der Waals surface area contributed by atoms with Crippen LogP contribution in [0.3, 0.4) is 0 Å². The first-order valence-corrected chi connectivity index (χ1v) is 8.45. The van der Waals surface area contributed by atoms with Gasteiger partial charge in [-0.1, -0.05) is 18.2 Å². The molecule has 0 aliphatic rings. The van der Waals surface area contributed by atoms with Gasteiger partial charge in [0.25, 0.3) is 0 Å². The van der Waals surface area contributed by atoms with Gasteiger partial charge < -0.3 is 5.32 Å². The third-order valence-electron chi connectivity index (χ3n) is 3.46. The fourth-order valence-corrected chi connectivity index (χ4v) is 3.02. The number of halogens is 1. The fraction of sp³-hybridized carbons (Fsp3) is 0.250. The van der Waals surface area contributed by atoms with E-state index in [1.807, 2.05) is 13.0 Å². The molecule has 1 unspecified atom stereocenters. The van der Waals surface area contributed by atoms with Crippen LogP contribution in [0.2, 0.25) is 0 Å². The summed E-state index contributed by atoms with van der Waals surface area (Å²) in [6, 6.07) is 11.1.